The Morgan fingerprint density at radius 1 is 0.274 bits per heavy atom. The van der Waals surface area contributed by atoms with Crippen LogP contribution in [0.15, 0.2) is 241 Å². The molecule has 12 rings (SSSR count). The van der Waals surface area contributed by atoms with Crippen LogP contribution in [0.1, 0.15) is 0 Å². The van der Waals surface area contributed by atoms with Crippen molar-refractivity contribution in [2.45, 2.75) is 0 Å². The zero-order valence-electron chi connectivity index (χ0n) is 33.9. The van der Waals surface area contributed by atoms with Gasteiger partial charge in [0.2, 0.25) is 0 Å². The number of rotatable bonds is 7. The second kappa shape index (κ2) is 14.8. The van der Waals surface area contributed by atoms with E-state index in [0.717, 1.165) is 55.7 Å². The van der Waals surface area contributed by atoms with Gasteiger partial charge < -0.3 is 9.32 Å². The van der Waals surface area contributed by atoms with E-state index in [1.54, 1.807) is 0 Å². The van der Waals surface area contributed by atoms with E-state index in [1.165, 1.54) is 60.1 Å². The largest absolute Gasteiger partial charge is 0.454 e. The van der Waals surface area contributed by atoms with E-state index in [4.69, 9.17) is 4.42 Å². The lowest BCUT2D eigenvalue weighted by atomic mass is 9.96. The van der Waals surface area contributed by atoms with Gasteiger partial charge in [-0.2, -0.15) is 0 Å². The van der Waals surface area contributed by atoms with E-state index in [2.05, 4.69) is 241 Å². The van der Waals surface area contributed by atoms with Gasteiger partial charge in [0, 0.05) is 22.1 Å². The summed E-state index contributed by atoms with van der Waals surface area (Å²) in [6.07, 6.45) is 0. The summed E-state index contributed by atoms with van der Waals surface area (Å²) in [4.78, 5) is 2.34. The molecular formula is C60H39NO. The summed E-state index contributed by atoms with van der Waals surface area (Å²) in [6, 6.07) is 85.4. The molecule has 62 heavy (non-hydrogen) atoms. The molecule has 0 aliphatic heterocycles. The van der Waals surface area contributed by atoms with Crippen LogP contribution >= 0.6 is 0 Å². The molecule has 12 aromatic rings. The molecule has 0 fully saturated rings. The van der Waals surface area contributed by atoms with Crippen LogP contribution in [0, 0.1) is 0 Å². The zero-order valence-corrected chi connectivity index (χ0v) is 33.9. The third kappa shape index (κ3) is 6.29. The summed E-state index contributed by atoms with van der Waals surface area (Å²) in [7, 11) is 0. The number of hydrogen-bond acceptors (Lipinski definition) is 2. The molecule has 0 atom stereocenters. The standard InChI is InChI=1S/C60H39NO/c1-2-10-40(11-3-1)42-20-22-43(23-21-42)47-15-8-16-54(39-47)61(57-19-9-18-56-59-55-17-7-6-13-45(55)32-35-58(59)62-60(56)57)53-33-30-44(31-34-53)48-26-27-51-38-52(29-28-50(51)37-48)49-25-24-41-12-4-5-14-46(41)36-49/h1-39H. The molecule has 0 saturated carbocycles. The van der Waals surface area contributed by atoms with Crippen molar-refractivity contribution in [2.24, 2.45) is 0 Å². The third-order valence-electron chi connectivity index (χ3n) is 12.4. The molecule has 0 saturated heterocycles. The van der Waals surface area contributed by atoms with Crippen molar-refractivity contribution >= 4 is 71.3 Å². The first kappa shape index (κ1) is 35.7. The van der Waals surface area contributed by atoms with Gasteiger partial charge in [-0.25, -0.2) is 0 Å². The van der Waals surface area contributed by atoms with E-state index >= 15 is 0 Å². The summed E-state index contributed by atoms with van der Waals surface area (Å²) in [5, 5.41) is 9.59. The van der Waals surface area contributed by atoms with Gasteiger partial charge in [-0.15, -0.1) is 0 Å². The maximum atomic E-state index is 6.83. The average molecular weight is 790 g/mol. The van der Waals surface area contributed by atoms with Gasteiger partial charge in [0.1, 0.15) is 5.58 Å². The van der Waals surface area contributed by atoms with E-state index in [-0.39, 0.29) is 0 Å². The molecule has 11 aromatic carbocycles. The molecule has 0 unspecified atom stereocenters. The Kier molecular flexibility index (Phi) is 8.53. The minimum Gasteiger partial charge on any atom is -0.454 e. The van der Waals surface area contributed by atoms with Gasteiger partial charge in [0.15, 0.2) is 5.58 Å². The Bertz CT molecular complexity index is 3620. The van der Waals surface area contributed by atoms with Gasteiger partial charge in [0.25, 0.3) is 0 Å². The van der Waals surface area contributed by atoms with E-state index < -0.39 is 0 Å². The van der Waals surface area contributed by atoms with Crippen LogP contribution in [0.25, 0.3) is 98.8 Å². The minimum absolute atomic E-state index is 0.859. The monoisotopic (exact) mass is 789 g/mol. The summed E-state index contributed by atoms with van der Waals surface area (Å²) in [5.41, 5.74) is 14.3. The predicted octanol–water partition coefficient (Wildman–Crippen LogP) is 17.2. The van der Waals surface area contributed by atoms with Crippen LogP contribution in [0.3, 0.4) is 0 Å². The van der Waals surface area contributed by atoms with Gasteiger partial charge in [-0.05, 0) is 131 Å². The number of furan rings is 1. The number of nitrogens with zero attached hydrogens (tertiary/aromatic N) is 1. The van der Waals surface area contributed by atoms with Crippen molar-refractivity contribution in [1.29, 1.82) is 0 Å². The molecule has 0 amide bonds. The van der Waals surface area contributed by atoms with Crippen LogP contribution in [0.2, 0.25) is 0 Å². The Labute approximate surface area is 360 Å². The molecule has 2 nitrogen and oxygen atoms in total. The van der Waals surface area contributed by atoms with Crippen LogP contribution < -0.4 is 4.90 Å². The van der Waals surface area contributed by atoms with Crippen molar-refractivity contribution in [3.63, 3.8) is 0 Å². The van der Waals surface area contributed by atoms with Crippen molar-refractivity contribution in [2.75, 3.05) is 4.90 Å². The smallest absolute Gasteiger partial charge is 0.159 e. The fourth-order valence-corrected chi connectivity index (χ4v) is 9.24. The maximum absolute atomic E-state index is 6.83. The molecule has 2 heteroatoms. The second-order valence-corrected chi connectivity index (χ2v) is 16.1. The topological polar surface area (TPSA) is 16.4 Å². The van der Waals surface area contributed by atoms with Crippen LogP contribution in [-0.4, -0.2) is 0 Å². The van der Waals surface area contributed by atoms with Crippen LogP contribution in [0.5, 0.6) is 0 Å². The summed E-state index contributed by atoms with van der Waals surface area (Å²) in [6.45, 7) is 0. The van der Waals surface area contributed by atoms with Crippen molar-refractivity contribution in [3.8, 4) is 44.5 Å². The Balaban J connectivity index is 0.941. The number of benzene rings is 11. The lowest BCUT2D eigenvalue weighted by Crippen LogP contribution is -2.10. The highest BCUT2D eigenvalue weighted by Crippen LogP contribution is 2.45. The summed E-state index contributed by atoms with van der Waals surface area (Å²) in [5.74, 6) is 0. The summed E-state index contributed by atoms with van der Waals surface area (Å²) >= 11 is 0. The lowest BCUT2D eigenvalue weighted by molar-refractivity contribution is 0.669. The number of fused-ring (bicyclic) bond motifs is 7. The number of para-hydroxylation sites is 1. The maximum Gasteiger partial charge on any atom is 0.159 e. The molecule has 0 spiro atoms. The normalized spacial score (nSPS) is 11.5. The van der Waals surface area contributed by atoms with Gasteiger partial charge in [0.05, 0.1) is 5.69 Å². The minimum atomic E-state index is 0.859. The molecule has 0 aliphatic rings. The van der Waals surface area contributed by atoms with Crippen molar-refractivity contribution in [3.05, 3.63) is 237 Å². The summed E-state index contributed by atoms with van der Waals surface area (Å²) < 4.78 is 6.83. The predicted molar refractivity (Wildman–Crippen MR) is 263 cm³/mol. The Morgan fingerprint density at radius 3 is 1.47 bits per heavy atom. The highest BCUT2D eigenvalue weighted by Gasteiger charge is 2.21. The number of hydrogen-bond donors (Lipinski definition) is 0. The fraction of sp³-hybridized carbons (Fsp3) is 0. The molecule has 290 valence electrons. The van der Waals surface area contributed by atoms with Crippen molar-refractivity contribution in [1.82, 2.24) is 0 Å². The van der Waals surface area contributed by atoms with E-state index in [0.29, 0.717) is 0 Å². The molecular weight excluding hydrogens is 751 g/mol. The van der Waals surface area contributed by atoms with Crippen LogP contribution in [0.4, 0.5) is 17.1 Å². The SMILES string of the molecule is c1ccc(-c2ccc(-c3cccc(N(c4ccc(-c5ccc6cc(-c7ccc8ccccc8c7)ccc6c5)cc4)c4cccc5c4oc4ccc6ccccc6c45)c3)cc2)cc1. The lowest BCUT2D eigenvalue weighted by Gasteiger charge is -2.26. The molecule has 0 aliphatic carbocycles. The second-order valence-electron chi connectivity index (χ2n) is 16.1. The number of anilines is 3. The molecule has 0 radical (unpaired) electrons. The highest BCUT2D eigenvalue weighted by molar-refractivity contribution is 6.21. The van der Waals surface area contributed by atoms with E-state index in [1.807, 2.05) is 0 Å². The third-order valence-corrected chi connectivity index (χ3v) is 12.4. The fourth-order valence-electron chi connectivity index (χ4n) is 9.24. The van der Waals surface area contributed by atoms with Gasteiger partial charge in [-0.3, -0.25) is 0 Å². The molecule has 1 aromatic heterocycles. The molecule has 0 bridgehead atoms. The first-order valence-corrected chi connectivity index (χ1v) is 21.2. The highest BCUT2D eigenvalue weighted by atomic mass is 16.3. The van der Waals surface area contributed by atoms with Gasteiger partial charge >= 0.3 is 0 Å². The zero-order chi connectivity index (χ0) is 41.0. The molecule has 0 N–H and O–H groups in total. The van der Waals surface area contributed by atoms with E-state index in [9.17, 15) is 0 Å². The van der Waals surface area contributed by atoms with Crippen molar-refractivity contribution < 1.29 is 4.42 Å². The first-order valence-electron chi connectivity index (χ1n) is 21.2. The molecule has 1 heterocycles. The Hall–Kier alpha value is -8.20. The quantitative estimate of drug-likeness (QED) is 0.160. The van der Waals surface area contributed by atoms with Gasteiger partial charge in [-0.1, -0.05) is 182 Å². The first-order chi connectivity index (χ1) is 30.7. The Morgan fingerprint density at radius 2 is 0.742 bits per heavy atom. The van der Waals surface area contributed by atoms with Crippen LogP contribution in [-0.2, 0) is 0 Å². The average Bonchev–Trinajstić information content (AvgIpc) is 3.74.